The van der Waals surface area contributed by atoms with Gasteiger partial charge in [-0.2, -0.15) is 0 Å². The zero-order valence-electron chi connectivity index (χ0n) is 9.53. The monoisotopic (exact) mass is 203 g/mol. The number of ketones is 1. The van der Waals surface area contributed by atoms with Gasteiger partial charge in [-0.15, -0.1) is 0 Å². The maximum atomic E-state index is 11.8. The van der Waals surface area contributed by atoms with Crippen LogP contribution in [0.4, 0.5) is 0 Å². The first-order chi connectivity index (χ1) is 7.03. The van der Waals surface area contributed by atoms with Gasteiger partial charge in [-0.3, -0.25) is 9.69 Å². The molecule has 80 valence electrons. The average molecular weight is 203 g/mol. The number of rotatable bonds is 1. The van der Waals surface area contributed by atoms with Gasteiger partial charge >= 0.3 is 0 Å². The summed E-state index contributed by atoms with van der Waals surface area (Å²) >= 11 is 0. The largest absolute Gasteiger partial charge is 0.298 e. The molecule has 0 aromatic heterocycles. The van der Waals surface area contributed by atoms with Crippen LogP contribution in [0, 0.1) is 0 Å². The normalized spacial score (nSPS) is 25.8. The molecule has 1 aromatic carbocycles. The summed E-state index contributed by atoms with van der Waals surface area (Å²) in [6.45, 7) is 4.00. The summed E-state index contributed by atoms with van der Waals surface area (Å²) in [6, 6.07) is 10.5. The fourth-order valence-corrected chi connectivity index (χ4v) is 2.17. The molecule has 1 heterocycles. The van der Waals surface area contributed by atoms with Gasteiger partial charge in [0.2, 0.25) is 0 Å². The maximum Gasteiger partial charge on any atom is 0.154 e. The van der Waals surface area contributed by atoms with E-state index in [0.29, 0.717) is 12.2 Å². The summed E-state index contributed by atoms with van der Waals surface area (Å²) in [7, 11) is 2.03. The Balaban J connectivity index is 2.32. The summed E-state index contributed by atoms with van der Waals surface area (Å²) in [5.41, 5.74) is 0.916. The number of likely N-dealkylation sites (N-methyl/N-ethyl adjacent to an activating group) is 1. The predicted octanol–water partition coefficient (Wildman–Crippen LogP) is 2.41. The lowest BCUT2D eigenvalue weighted by molar-refractivity contribution is -0.123. The van der Waals surface area contributed by atoms with Crippen molar-refractivity contribution in [3.05, 3.63) is 35.9 Å². The number of likely N-dealkylation sites (tertiary alicyclic amines) is 1. The molecule has 1 aliphatic heterocycles. The van der Waals surface area contributed by atoms with Crippen molar-refractivity contribution in [1.82, 2.24) is 4.90 Å². The van der Waals surface area contributed by atoms with E-state index in [2.05, 4.69) is 17.0 Å². The summed E-state index contributed by atoms with van der Waals surface area (Å²) in [5.74, 6) is 0.332. The molecule has 1 aliphatic rings. The highest BCUT2D eigenvalue weighted by molar-refractivity contribution is 5.90. The minimum Gasteiger partial charge on any atom is -0.298 e. The topological polar surface area (TPSA) is 20.3 Å². The van der Waals surface area contributed by atoms with Crippen molar-refractivity contribution >= 4 is 5.78 Å². The minimum atomic E-state index is -0.319. The van der Waals surface area contributed by atoms with Gasteiger partial charge < -0.3 is 0 Å². The first kappa shape index (κ1) is 10.4. The Bertz CT molecular complexity index is 369. The van der Waals surface area contributed by atoms with Gasteiger partial charge in [0.1, 0.15) is 0 Å². The molecule has 0 N–H and O–H groups in total. The zero-order valence-corrected chi connectivity index (χ0v) is 9.53. The lowest BCUT2D eigenvalue weighted by Crippen LogP contribution is -2.40. The third-order valence-electron chi connectivity index (χ3n) is 3.59. The van der Waals surface area contributed by atoms with Crippen LogP contribution in [-0.2, 0) is 4.79 Å². The van der Waals surface area contributed by atoms with Crippen LogP contribution in [0.25, 0.3) is 0 Å². The van der Waals surface area contributed by atoms with Crippen molar-refractivity contribution in [2.24, 2.45) is 0 Å². The molecule has 0 saturated carbocycles. The molecule has 1 aromatic rings. The van der Waals surface area contributed by atoms with Crippen molar-refractivity contribution in [3.63, 3.8) is 0 Å². The minimum absolute atomic E-state index is 0.244. The van der Waals surface area contributed by atoms with Gasteiger partial charge in [0.25, 0.3) is 0 Å². The van der Waals surface area contributed by atoms with Crippen LogP contribution in [0.1, 0.15) is 31.9 Å². The van der Waals surface area contributed by atoms with E-state index in [1.54, 1.807) is 0 Å². The molecule has 2 heteroatoms. The number of Topliss-reactive ketones (excluding diaryl/α,β-unsaturated/α-hetero) is 1. The van der Waals surface area contributed by atoms with Crippen molar-refractivity contribution in [1.29, 1.82) is 0 Å². The van der Waals surface area contributed by atoms with Crippen LogP contribution in [0.2, 0.25) is 0 Å². The maximum absolute atomic E-state index is 11.8. The van der Waals surface area contributed by atoms with Gasteiger partial charge in [-0.1, -0.05) is 30.3 Å². The number of hydrogen-bond acceptors (Lipinski definition) is 2. The molecule has 0 radical (unpaired) electrons. The van der Waals surface area contributed by atoms with Gasteiger partial charge in [0.15, 0.2) is 5.78 Å². The van der Waals surface area contributed by atoms with E-state index >= 15 is 0 Å². The molecule has 0 spiro atoms. The number of hydrogen-bond donors (Lipinski definition) is 0. The summed E-state index contributed by atoms with van der Waals surface area (Å²) < 4.78 is 0. The molecular formula is C13H17NO. The third kappa shape index (κ3) is 1.59. The second-order valence-electron chi connectivity index (χ2n) is 4.72. The molecule has 1 fully saturated rings. The van der Waals surface area contributed by atoms with E-state index in [1.807, 2.05) is 39.1 Å². The van der Waals surface area contributed by atoms with Crippen LogP contribution in [0.5, 0.6) is 0 Å². The highest BCUT2D eigenvalue weighted by atomic mass is 16.1. The van der Waals surface area contributed by atoms with Crippen molar-refractivity contribution in [3.8, 4) is 0 Å². The van der Waals surface area contributed by atoms with Crippen LogP contribution in [-0.4, -0.2) is 23.3 Å². The van der Waals surface area contributed by atoms with Crippen LogP contribution >= 0.6 is 0 Å². The predicted molar refractivity (Wildman–Crippen MR) is 60.6 cm³/mol. The second kappa shape index (κ2) is 3.46. The van der Waals surface area contributed by atoms with E-state index < -0.39 is 0 Å². The van der Waals surface area contributed by atoms with E-state index in [0.717, 1.165) is 0 Å². The van der Waals surface area contributed by atoms with Crippen molar-refractivity contribution < 1.29 is 4.79 Å². The fourth-order valence-electron chi connectivity index (χ4n) is 2.17. The first-order valence-electron chi connectivity index (χ1n) is 5.34. The van der Waals surface area contributed by atoms with Crippen LogP contribution in [0.15, 0.2) is 30.3 Å². The Morgan fingerprint density at radius 3 is 2.33 bits per heavy atom. The number of carbonyl (C=O) groups is 1. The fraction of sp³-hybridized carbons (Fsp3) is 0.462. The summed E-state index contributed by atoms with van der Waals surface area (Å²) in [6.07, 6.45) is 0.632. The summed E-state index contributed by atoms with van der Waals surface area (Å²) in [4.78, 5) is 14.0. The average Bonchev–Trinajstić information content (AvgIpc) is 2.44. The molecule has 1 saturated heterocycles. The molecule has 1 atom stereocenters. The first-order valence-corrected chi connectivity index (χ1v) is 5.34. The molecule has 2 rings (SSSR count). The van der Waals surface area contributed by atoms with Gasteiger partial charge in [0.05, 0.1) is 5.54 Å². The zero-order chi connectivity index (χ0) is 11.1. The Hall–Kier alpha value is -1.15. The van der Waals surface area contributed by atoms with Crippen molar-refractivity contribution in [2.75, 3.05) is 7.05 Å². The highest BCUT2D eigenvalue weighted by Crippen LogP contribution is 2.38. The lowest BCUT2D eigenvalue weighted by Gasteiger charge is -2.30. The van der Waals surface area contributed by atoms with E-state index in [4.69, 9.17) is 0 Å². The van der Waals surface area contributed by atoms with E-state index in [-0.39, 0.29) is 11.6 Å². The summed E-state index contributed by atoms with van der Waals surface area (Å²) in [5, 5.41) is 0. The quantitative estimate of drug-likeness (QED) is 0.698. The molecular weight excluding hydrogens is 186 g/mol. The molecule has 15 heavy (non-hydrogen) atoms. The number of nitrogens with zero attached hydrogens (tertiary/aromatic N) is 1. The van der Waals surface area contributed by atoms with E-state index in [1.165, 1.54) is 5.56 Å². The van der Waals surface area contributed by atoms with Gasteiger partial charge in [-0.05, 0) is 26.5 Å². The number of carbonyl (C=O) groups excluding carboxylic acids is 1. The van der Waals surface area contributed by atoms with Crippen LogP contribution < -0.4 is 0 Å². The molecule has 2 nitrogen and oxygen atoms in total. The smallest absolute Gasteiger partial charge is 0.154 e. The number of benzene rings is 1. The molecule has 1 unspecified atom stereocenters. The van der Waals surface area contributed by atoms with Crippen LogP contribution in [0.3, 0.4) is 0 Å². The van der Waals surface area contributed by atoms with Gasteiger partial charge in [0, 0.05) is 12.5 Å². The Morgan fingerprint density at radius 2 is 1.87 bits per heavy atom. The molecule has 0 bridgehead atoms. The molecule has 0 amide bonds. The standard InChI is InChI=1S/C13H17NO/c1-13(2)12(15)9-11(14(13)3)10-7-5-4-6-8-10/h4-8,11H,9H2,1-3H3. The Kier molecular flexibility index (Phi) is 2.39. The van der Waals surface area contributed by atoms with Gasteiger partial charge in [-0.25, -0.2) is 0 Å². The van der Waals surface area contributed by atoms with Crippen molar-refractivity contribution in [2.45, 2.75) is 31.8 Å². The second-order valence-corrected chi connectivity index (χ2v) is 4.72. The highest BCUT2D eigenvalue weighted by Gasteiger charge is 2.44. The Labute approximate surface area is 90.9 Å². The third-order valence-corrected chi connectivity index (χ3v) is 3.59. The molecule has 0 aliphatic carbocycles. The Morgan fingerprint density at radius 1 is 1.27 bits per heavy atom. The lowest BCUT2D eigenvalue weighted by atomic mass is 10.0. The SMILES string of the molecule is CN1C(c2ccccc2)CC(=O)C1(C)C. The van der Waals surface area contributed by atoms with E-state index in [9.17, 15) is 4.79 Å².